The molecule has 6 atom stereocenters. The Balaban J connectivity index is 0.00000159. The Hall–Kier alpha value is -1.87. The molecule has 0 aliphatic heterocycles. The number of benzene rings is 1. The predicted octanol–water partition coefficient (Wildman–Crippen LogP) is -16.4. The highest BCUT2D eigenvalue weighted by molar-refractivity contribution is 8.26. The quantitative estimate of drug-likeness (QED) is 0.0132. The Morgan fingerprint density at radius 3 is 1.57 bits per heavy atom. The van der Waals surface area contributed by atoms with E-state index in [1.165, 1.54) is 14.1 Å². The zero-order valence-corrected chi connectivity index (χ0v) is 41.1. The van der Waals surface area contributed by atoms with Crippen LogP contribution in [-0.4, -0.2) is 346 Å². The molecule has 19 nitrogen and oxygen atoms in total. The summed E-state index contributed by atoms with van der Waals surface area (Å²) in [6.45, 7) is -1.46. The number of likely N-dealkylation sites (N-methyl/N-ethyl adjacent to an activating group) is 1. The first-order valence-corrected chi connectivity index (χ1v) is 23.2. The molecular weight excluding hydrogens is 919 g/mol. The number of aliphatic hydroxyl groups excluding tert-OH is 5. The topological polar surface area (TPSA) is 321 Å². The van der Waals surface area contributed by atoms with Gasteiger partial charge in [-0.3, -0.25) is 29.3 Å². The molecule has 1 rings (SSSR count). The summed E-state index contributed by atoms with van der Waals surface area (Å²) in [5, 5.41) is 97.1. The minimum Gasteiger partial charge on any atom is -0.480 e. The van der Waals surface area contributed by atoms with Gasteiger partial charge in [-0.1, -0.05) is 0 Å². The molecule has 0 saturated carbocycles. The van der Waals surface area contributed by atoms with E-state index >= 15 is 0 Å². The van der Waals surface area contributed by atoms with Crippen molar-refractivity contribution >= 4 is 248 Å². The van der Waals surface area contributed by atoms with Crippen molar-refractivity contribution in [1.29, 1.82) is 0 Å². The number of carboxylic acid groups (broad SMARTS) is 1. The molecule has 0 fully saturated rings. The van der Waals surface area contributed by atoms with Crippen molar-refractivity contribution in [3.8, 4) is 0 Å². The van der Waals surface area contributed by atoms with Gasteiger partial charge in [0.05, 0.1) is 17.6 Å². The fraction of sp³-hybridized carbons (Fsp3) is 0.600. The Morgan fingerprint density at radius 2 is 1.16 bits per heavy atom. The Bertz CT molecular complexity index is 1820. The van der Waals surface area contributed by atoms with Crippen molar-refractivity contribution in [2.75, 3.05) is 26.7 Å². The third kappa shape index (κ3) is 24.0. The maximum Gasteiger partial charge on any atom is 0.488 e. The SMILES string of the molecule is CN[C@@H](CCCCNC(=O)CC[C@H](NC(=O)c1cc(B(O)O)cc([N+](=O)[O-])c1)C(=O)NC[C@@H](O)[C@H](O)[C@@H](O)[C@@H](O)CO)C(=O)O.[B][B]B(B([B])[B])B(B(B([B])[B])B([B])[B])B(B(B([B])[B])B([B])[B])B(B([B])[B])B([B])[B]. The number of hydrogen-bond donors (Lipinski definition) is 12. The summed E-state index contributed by atoms with van der Waals surface area (Å²) in [5.74, 6) is -3.61. The molecule has 74 heavy (non-hydrogen) atoms. The normalized spacial score (nSPS) is 12.9. The molecule has 12 N–H and O–H groups in total. The smallest absolute Gasteiger partial charge is 0.480 e. The van der Waals surface area contributed by atoms with Gasteiger partial charge in [0.1, 0.15) is 30.4 Å². The highest BCUT2D eigenvalue weighted by Gasteiger charge is 2.51. The zero-order valence-electron chi connectivity index (χ0n) is 41.1. The van der Waals surface area contributed by atoms with Gasteiger partial charge in [0.2, 0.25) is 11.8 Å². The van der Waals surface area contributed by atoms with Crippen molar-refractivity contribution < 1.29 is 64.8 Å². The number of non-ortho nitro benzene ring substituents is 1. The summed E-state index contributed by atoms with van der Waals surface area (Å²) in [4.78, 5) is 59.8. The first-order chi connectivity index (χ1) is 34.3. The van der Waals surface area contributed by atoms with Crippen LogP contribution in [0.1, 0.15) is 42.5 Å². The molecule has 1 aromatic rings. The number of carbonyl (C=O) groups is 4. The van der Waals surface area contributed by atoms with Gasteiger partial charge in [0.15, 0.2) is 0 Å². The van der Waals surface area contributed by atoms with E-state index in [4.69, 9.17) is 126 Å². The number of nitrogens with one attached hydrogen (secondary N) is 4. The van der Waals surface area contributed by atoms with Crippen LogP contribution in [0.2, 0.25) is 0 Å². The molecule has 0 aliphatic rings. The monoisotopic (exact) mass is 965 g/mol. The van der Waals surface area contributed by atoms with Crippen LogP contribution in [0.5, 0.6) is 0 Å². The van der Waals surface area contributed by atoms with Gasteiger partial charge in [-0.15, -0.1) is 0 Å². The highest BCUT2D eigenvalue weighted by Crippen LogP contribution is 2.15. The lowest BCUT2D eigenvalue weighted by Crippen LogP contribution is -2.87. The molecule has 31 radical (unpaired) electrons. The van der Waals surface area contributed by atoms with E-state index in [0.717, 1.165) is 18.2 Å². The maximum atomic E-state index is 13.0. The van der Waals surface area contributed by atoms with E-state index in [1.807, 2.05) is 0 Å². The van der Waals surface area contributed by atoms with Gasteiger partial charge in [0.25, 0.3) is 11.6 Å². The molecule has 339 valence electrons. The second-order valence-corrected chi connectivity index (χ2v) is 17.8. The highest BCUT2D eigenvalue weighted by atomic mass is 16.6. The third-order valence-corrected chi connectivity index (χ3v) is 12.2. The van der Waals surface area contributed by atoms with Crippen LogP contribution in [0.25, 0.3) is 0 Å². The van der Waals surface area contributed by atoms with Crippen molar-refractivity contribution in [3.05, 3.63) is 33.9 Å². The largest absolute Gasteiger partial charge is 0.488 e. The lowest BCUT2D eigenvalue weighted by atomic mass is 8.32. The van der Waals surface area contributed by atoms with Gasteiger partial charge in [-0.25, -0.2) is 0 Å². The van der Waals surface area contributed by atoms with E-state index in [2.05, 4.69) is 21.3 Å². The Morgan fingerprint density at radius 1 is 0.676 bits per heavy atom. The van der Waals surface area contributed by atoms with Crippen LogP contribution in [0.4, 0.5) is 5.69 Å². The summed E-state index contributed by atoms with van der Waals surface area (Å²) in [6.07, 6.45) is -18.9. The number of carboxylic acids is 1. The van der Waals surface area contributed by atoms with Crippen molar-refractivity contribution in [2.45, 2.75) is 68.6 Å². The molecule has 0 saturated heterocycles. The molecular formula is C25H40B30N5O14. The molecule has 0 spiro atoms. The number of rotatable bonds is 34. The van der Waals surface area contributed by atoms with E-state index in [0.29, 0.717) is 19.3 Å². The minimum absolute atomic E-state index is 0.185. The fourth-order valence-corrected chi connectivity index (χ4v) is 8.36. The average Bonchev–Trinajstić information content (AvgIpc) is 3.30. The minimum atomic E-state index is -2.17. The van der Waals surface area contributed by atoms with Crippen LogP contribution in [0, 0.1) is 10.1 Å². The number of aliphatic carboxylic acids is 1. The second kappa shape index (κ2) is 36.3. The van der Waals surface area contributed by atoms with E-state index in [9.17, 15) is 59.8 Å². The first-order valence-electron chi connectivity index (χ1n) is 23.2. The summed E-state index contributed by atoms with van der Waals surface area (Å²) in [6, 6.07) is 0.333. The van der Waals surface area contributed by atoms with Gasteiger partial charge in [-0.2, -0.15) is 0 Å². The van der Waals surface area contributed by atoms with Crippen LogP contribution < -0.4 is 26.7 Å². The molecule has 0 heterocycles. The summed E-state index contributed by atoms with van der Waals surface area (Å²) >= 11 is 0. The second-order valence-electron chi connectivity index (χ2n) is 17.8. The number of nitrogens with zero attached hydrogens (tertiary/aromatic N) is 1. The van der Waals surface area contributed by atoms with Crippen LogP contribution in [0.3, 0.4) is 0 Å². The predicted molar refractivity (Wildman–Crippen MR) is 322 cm³/mol. The molecule has 0 aliphatic carbocycles. The van der Waals surface area contributed by atoms with Crippen LogP contribution in [0.15, 0.2) is 18.2 Å². The lowest BCUT2D eigenvalue weighted by Gasteiger charge is -2.49. The van der Waals surface area contributed by atoms with Crippen molar-refractivity contribution in [1.82, 2.24) is 21.3 Å². The van der Waals surface area contributed by atoms with Gasteiger partial charge in [0, 0.05) is 243 Å². The zero-order chi connectivity index (χ0) is 57.5. The van der Waals surface area contributed by atoms with Crippen molar-refractivity contribution in [2.24, 2.45) is 0 Å². The summed E-state index contributed by atoms with van der Waals surface area (Å²) in [5.41, 5.74) is -1.47. The van der Waals surface area contributed by atoms with Crippen molar-refractivity contribution in [3.63, 3.8) is 0 Å². The average molecular weight is 959 g/mol. The Kier molecular flexibility index (Phi) is 35.4. The number of aliphatic hydroxyl groups is 5. The van der Waals surface area contributed by atoms with Gasteiger partial charge < -0.3 is 62.0 Å². The van der Waals surface area contributed by atoms with Gasteiger partial charge >= 0.3 is 13.1 Å². The number of carbonyl (C=O) groups excluding carboxylic acids is 3. The van der Waals surface area contributed by atoms with E-state index < -0.39 is 180 Å². The number of nitro benzene ring substituents is 1. The maximum absolute atomic E-state index is 13.0. The number of hydrogen-bond acceptors (Lipinski definition) is 14. The molecule has 1 aromatic carbocycles. The molecule has 49 heteroatoms. The Labute approximate surface area is 461 Å². The van der Waals surface area contributed by atoms with E-state index in [-0.39, 0.29) is 24.8 Å². The first kappa shape index (κ1) is 72.1. The third-order valence-electron chi connectivity index (χ3n) is 12.2. The molecule has 0 aromatic heterocycles. The number of amides is 3. The molecule has 3 amide bonds. The standard InChI is InChI=1S/C25H40BN5O14.B29/c1-27-17(25(40)41)4-2-3-7-28-20(35)6-5-16(24(39)29-11-18(33)21(36)22(37)19(34)12-32)30-23(38)13-8-14(26(42)43)10-15(9-13)31(44)45;1-16-24(17(2)3)28(25(18(4)5)19(6)7)29(26(20(8)9)21(10)11)27(22(12)13)23(14)15/h8-10,16-19,21-22,27,32-34,36-37,42-43H,2-7,11-12H2,1H3,(H,28,35)(H,29,39)(H,30,38)(H,40,41);/t16-,17-,18+,19-,21-,22-;/m0./s1. The lowest BCUT2D eigenvalue weighted by molar-refractivity contribution is -0.384. The molecule has 0 unspecified atom stereocenters. The fourth-order valence-electron chi connectivity index (χ4n) is 8.36. The van der Waals surface area contributed by atoms with Crippen LogP contribution >= 0.6 is 0 Å². The van der Waals surface area contributed by atoms with Crippen LogP contribution in [-0.2, 0) is 14.4 Å². The summed E-state index contributed by atoms with van der Waals surface area (Å²) in [7, 11) is 90.5. The summed E-state index contributed by atoms with van der Waals surface area (Å²) < 4.78 is 0. The number of unbranched alkanes of at least 4 members (excludes halogenated alkanes) is 1. The number of nitro groups is 1. The van der Waals surface area contributed by atoms with E-state index in [1.54, 1.807) is 0 Å². The molecule has 0 bridgehead atoms. The van der Waals surface area contributed by atoms with Gasteiger partial charge in [-0.05, 0) is 44.3 Å².